The van der Waals surface area contributed by atoms with Gasteiger partial charge in [-0.25, -0.2) is 21.9 Å². The molecule has 0 heterocycles. The Labute approximate surface area is 105 Å². The zero-order valence-corrected chi connectivity index (χ0v) is 10.9. The van der Waals surface area contributed by atoms with E-state index in [1.165, 1.54) is 0 Å². The van der Waals surface area contributed by atoms with Crippen LogP contribution in [0.15, 0.2) is 17.0 Å². The number of halogens is 2. The molecule has 0 aliphatic heterocycles. The molecule has 0 aliphatic rings. The second-order valence-electron chi connectivity index (χ2n) is 3.91. The summed E-state index contributed by atoms with van der Waals surface area (Å²) in [6, 6.07) is 1.25. The van der Waals surface area contributed by atoms with Gasteiger partial charge >= 0.3 is 0 Å². The van der Waals surface area contributed by atoms with Crippen molar-refractivity contribution < 1.29 is 17.2 Å². The molecule has 0 saturated carbocycles. The Morgan fingerprint density at radius 2 is 1.89 bits per heavy atom. The molecule has 0 spiro atoms. The van der Waals surface area contributed by atoms with Crippen molar-refractivity contribution >= 4 is 15.7 Å². The van der Waals surface area contributed by atoms with Crippen LogP contribution >= 0.6 is 0 Å². The van der Waals surface area contributed by atoms with Gasteiger partial charge in [-0.1, -0.05) is 19.8 Å². The molecule has 1 aromatic carbocycles. The van der Waals surface area contributed by atoms with Crippen LogP contribution in [0.3, 0.4) is 0 Å². The molecule has 0 aromatic heterocycles. The lowest BCUT2D eigenvalue weighted by atomic mass is 10.3. The molecule has 1 rings (SSSR count). The standard InChI is InChI=1S/C11H16F2N2O2S/c1-2-3-4-5-15-18(16,17)11-7-10(14)8(12)6-9(11)13/h6-7,15H,2-5,14H2,1H3. The second kappa shape index (κ2) is 6.10. The first-order valence-electron chi connectivity index (χ1n) is 5.62. The topological polar surface area (TPSA) is 72.2 Å². The molecule has 0 saturated heterocycles. The van der Waals surface area contributed by atoms with Crippen molar-refractivity contribution in [1.29, 1.82) is 0 Å². The van der Waals surface area contributed by atoms with E-state index in [1.807, 2.05) is 6.92 Å². The van der Waals surface area contributed by atoms with Crippen LogP contribution in [0.2, 0.25) is 0 Å². The summed E-state index contributed by atoms with van der Waals surface area (Å²) in [7, 11) is -3.98. The largest absolute Gasteiger partial charge is 0.396 e. The van der Waals surface area contributed by atoms with Crippen molar-refractivity contribution in [3.63, 3.8) is 0 Å². The molecule has 0 amide bonds. The highest BCUT2D eigenvalue weighted by atomic mass is 32.2. The lowest BCUT2D eigenvalue weighted by Crippen LogP contribution is -2.26. The van der Waals surface area contributed by atoms with E-state index in [1.54, 1.807) is 0 Å². The highest BCUT2D eigenvalue weighted by Gasteiger charge is 2.20. The molecular weight excluding hydrogens is 262 g/mol. The van der Waals surface area contributed by atoms with E-state index in [0.29, 0.717) is 12.5 Å². The second-order valence-corrected chi connectivity index (χ2v) is 5.64. The van der Waals surface area contributed by atoms with Gasteiger partial charge in [0.2, 0.25) is 10.0 Å². The summed E-state index contributed by atoms with van der Waals surface area (Å²) in [5.74, 6) is -2.12. The van der Waals surface area contributed by atoms with E-state index in [-0.39, 0.29) is 6.54 Å². The van der Waals surface area contributed by atoms with Gasteiger partial charge in [0.1, 0.15) is 16.5 Å². The van der Waals surface area contributed by atoms with E-state index < -0.39 is 32.2 Å². The van der Waals surface area contributed by atoms with Crippen molar-refractivity contribution in [1.82, 2.24) is 4.72 Å². The average Bonchev–Trinajstić information content (AvgIpc) is 2.29. The van der Waals surface area contributed by atoms with Crippen LogP contribution in [0, 0.1) is 11.6 Å². The number of unbranched alkanes of at least 4 members (excludes halogenated alkanes) is 2. The van der Waals surface area contributed by atoms with Crippen LogP contribution < -0.4 is 10.5 Å². The van der Waals surface area contributed by atoms with E-state index >= 15 is 0 Å². The van der Waals surface area contributed by atoms with Crippen LogP contribution in [-0.2, 0) is 10.0 Å². The van der Waals surface area contributed by atoms with Crippen molar-refractivity contribution in [2.45, 2.75) is 31.1 Å². The Morgan fingerprint density at radius 3 is 2.50 bits per heavy atom. The molecular formula is C11H16F2N2O2S. The van der Waals surface area contributed by atoms with E-state index in [0.717, 1.165) is 18.9 Å². The number of nitrogens with two attached hydrogens (primary N) is 1. The smallest absolute Gasteiger partial charge is 0.243 e. The van der Waals surface area contributed by atoms with Crippen LogP contribution in [0.25, 0.3) is 0 Å². The molecule has 0 aliphatic carbocycles. The summed E-state index contributed by atoms with van der Waals surface area (Å²) in [4.78, 5) is -0.627. The van der Waals surface area contributed by atoms with Gasteiger partial charge in [-0.3, -0.25) is 0 Å². The molecule has 102 valence electrons. The fourth-order valence-electron chi connectivity index (χ4n) is 1.41. The minimum Gasteiger partial charge on any atom is -0.396 e. The Hall–Kier alpha value is -1.21. The normalized spacial score (nSPS) is 11.7. The van der Waals surface area contributed by atoms with Crippen molar-refractivity contribution in [3.05, 3.63) is 23.8 Å². The predicted octanol–water partition coefficient (Wildman–Crippen LogP) is 2.02. The number of hydrogen-bond acceptors (Lipinski definition) is 3. The summed E-state index contributed by atoms with van der Waals surface area (Å²) in [6.07, 6.45) is 2.48. The number of benzene rings is 1. The number of nitrogens with one attached hydrogen (secondary N) is 1. The summed E-state index contributed by atoms with van der Waals surface area (Å²) in [6.45, 7) is 2.20. The summed E-state index contributed by atoms with van der Waals surface area (Å²) >= 11 is 0. The van der Waals surface area contributed by atoms with Gasteiger partial charge in [-0.15, -0.1) is 0 Å². The molecule has 0 radical (unpaired) electrons. The highest BCUT2D eigenvalue weighted by molar-refractivity contribution is 7.89. The lowest BCUT2D eigenvalue weighted by molar-refractivity contribution is 0.542. The minimum absolute atomic E-state index is 0.215. The third-order valence-corrected chi connectivity index (χ3v) is 3.89. The summed E-state index contributed by atoms with van der Waals surface area (Å²) < 4.78 is 52.1. The van der Waals surface area contributed by atoms with Crippen molar-refractivity contribution in [3.8, 4) is 0 Å². The maximum Gasteiger partial charge on any atom is 0.243 e. The number of hydrogen-bond donors (Lipinski definition) is 2. The molecule has 4 nitrogen and oxygen atoms in total. The number of sulfonamides is 1. The lowest BCUT2D eigenvalue weighted by Gasteiger charge is -2.08. The molecule has 7 heteroatoms. The molecule has 0 atom stereocenters. The summed E-state index contributed by atoms with van der Waals surface area (Å²) in [5.41, 5.74) is 4.83. The third-order valence-electron chi connectivity index (χ3n) is 2.41. The van der Waals surface area contributed by atoms with Crippen LogP contribution in [-0.4, -0.2) is 15.0 Å². The fraction of sp³-hybridized carbons (Fsp3) is 0.455. The molecule has 0 unspecified atom stereocenters. The van der Waals surface area contributed by atoms with Crippen molar-refractivity contribution in [2.75, 3.05) is 12.3 Å². The number of nitrogen functional groups attached to an aromatic ring is 1. The number of rotatable bonds is 6. The monoisotopic (exact) mass is 278 g/mol. The zero-order valence-electron chi connectivity index (χ0n) is 10.0. The first kappa shape index (κ1) is 14.8. The van der Waals surface area contributed by atoms with Crippen molar-refractivity contribution in [2.24, 2.45) is 0 Å². The van der Waals surface area contributed by atoms with Gasteiger partial charge in [-0.2, -0.15) is 0 Å². The van der Waals surface area contributed by atoms with Crippen LogP contribution in [0.1, 0.15) is 26.2 Å². The Bertz CT molecular complexity index is 518. The quantitative estimate of drug-likeness (QED) is 0.617. The van der Waals surface area contributed by atoms with E-state index in [9.17, 15) is 17.2 Å². The number of anilines is 1. The van der Waals surface area contributed by atoms with E-state index in [2.05, 4.69) is 4.72 Å². The third kappa shape index (κ3) is 3.64. The molecule has 1 aromatic rings. The Kier molecular flexibility index (Phi) is 5.03. The van der Waals surface area contributed by atoms with Gasteiger partial charge in [0, 0.05) is 12.6 Å². The van der Waals surface area contributed by atoms with Gasteiger partial charge in [0.05, 0.1) is 5.69 Å². The zero-order chi connectivity index (χ0) is 13.8. The Balaban J connectivity index is 2.88. The Morgan fingerprint density at radius 1 is 1.22 bits per heavy atom. The van der Waals surface area contributed by atoms with Gasteiger partial charge < -0.3 is 5.73 Å². The fourth-order valence-corrected chi connectivity index (χ4v) is 2.58. The molecule has 0 bridgehead atoms. The van der Waals surface area contributed by atoms with Gasteiger partial charge in [-0.05, 0) is 12.5 Å². The van der Waals surface area contributed by atoms with Crippen LogP contribution in [0.5, 0.6) is 0 Å². The molecule has 0 fully saturated rings. The van der Waals surface area contributed by atoms with Crippen LogP contribution in [0.4, 0.5) is 14.5 Å². The molecule has 18 heavy (non-hydrogen) atoms. The first-order valence-corrected chi connectivity index (χ1v) is 7.11. The highest BCUT2D eigenvalue weighted by Crippen LogP contribution is 2.20. The molecule has 3 N–H and O–H groups in total. The van der Waals surface area contributed by atoms with E-state index in [4.69, 9.17) is 5.73 Å². The maximum atomic E-state index is 13.4. The van der Waals surface area contributed by atoms with Gasteiger partial charge in [0.25, 0.3) is 0 Å². The van der Waals surface area contributed by atoms with Gasteiger partial charge in [0.15, 0.2) is 0 Å². The first-order chi connectivity index (χ1) is 8.38. The summed E-state index contributed by atoms with van der Waals surface area (Å²) in [5, 5.41) is 0. The average molecular weight is 278 g/mol. The minimum atomic E-state index is -3.98. The predicted molar refractivity (Wildman–Crippen MR) is 65.5 cm³/mol. The maximum absolute atomic E-state index is 13.4. The SMILES string of the molecule is CCCCCNS(=O)(=O)c1cc(N)c(F)cc1F.